The molecule has 0 saturated carbocycles. The molecule has 0 radical (unpaired) electrons. The molecule has 0 bridgehead atoms. The summed E-state index contributed by atoms with van der Waals surface area (Å²) in [5.41, 5.74) is 2.12. The number of Topliss-reactive ketones (excluding diaryl/α,β-unsaturated/α-hetero) is 1. The maximum atomic E-state index is 13.5. The fourth-order valence-corrected chi connectivity index (χ4v) is 3.98. The van der Waals surface area contributed by atoms with Crippen molar-refractivity contribution in [2.75, 3.05) is 5.75 Å². The molecule has 0 aliphatic rings. The number of ether oxygens (including phenoxy) is 1. The third kappa shape index (κ3) is 5.23. The van der Waals surface area contributed by atoms with Gasteiger partial charge in [0, 0.05) is 23.6 Å². The number of nitrogens with zero attached hydrogens (tertiary/aromatic N) is 4. The summed E-state index contributed by atoms with van der Waals surface area (Å²) >= 11 is 1.09. The van der Waals surface area contributed by atoms with Crippen molar-refractivity contribution in [3.8, 4) is 22.8 Å². The standard InChI is InChI=1S/C23H17F3N4O2S/c1-14-2-7-20(32-22(25)26)18(12-14)19(31)13-33-23-29-28-21(15-8-10-27-11-9-15)30(23)17-5-3-16(24)4-6-17/h2-12,22H,13H2,1H3. The van der Waals surface area contributed by atoms with Gasteiger partial charge in [0.15, 0.2) is 16.8 Å². The molecule has 168 valence electrons. The van der Waals surface area contributed by atoms with E-state index in [0.717, 1.165) is 22.9 Å². The molecule has 33 heavy (non-hydrogen) atoms. The van der Waals surface area contributed by atoms with E-state index in [-0.39, 0.29) is 17.1 Å². The molecular weight excluding hydrogens is 453 g/mol. The Bertz CT molecular complexity index is 1260. The molecule has 0 saturated heterocycles. The summed E-state index contributed by atoms with van der Waals surface area (Å²) in [7, 11) is 0. The number of aromatic nitrogens is 4. The van der Waals surface area contributed by atoms with E-state index in [0.29, 0.717) is 16.7 Å². The molecule has 0 spiro atoms. The number of hydrogen-bond acceptors (Lipinski definition) is 6. The van der Waals surface area contributed by atoms with Crippen LogP contribution in [0.15, 0.2) is 72.1 Å². The number of carbonyl (C=O) groups excluding carboxylic acids is 1. The number of aryl methyl sites for hydroxylation is 1. The topological polar surface area (TPSA) is 69.9 Å². The second-order valence-electron chi connectivity index (χ2n) is 6.94. The van der Waals surface area contributed by atoms with Gasteiger partial charge in [0.1, 0.15) is 11.6 Å². The van der Waals surface area contributed by atoms with Crippen LogP contribution in [-0.2, 0) is 0 Å². The Morgan fingerprint density at radius 3 is 2.48 bits per heavy atom. The van der Waals surface area contributed by atoms with Crippen LogP contribution in [-0.4, -0.2) is 37.9 Å². The average Bonchev–Trinajstić information content (AvgIpc) is 3.23. The van der Waals surface area contributed by atoms with Gasteiger partial charge >= 0.3 is 6.61 Å². The van der Waals surface area contributed by atoms with Crippen LogP contribution >= 0.6 is 11.8 Å². The molecule has 0 aliphatic heterocycles. The Hall–Kier alpha value is -3.66. The van der Waals surface area contributed by atoms with Gasteiger partial charge in [-0.3, -0.25) is 14.3 Å². The highest BCUT2D eigenvalue weighted by atomic mass is 32.2. The molecule has 0 N–H and O–H groups in total. The fraction of sp³-hybridized carbons (Fsp3) is 0.130. The first-order valence-corrected chi connectivity index (χ1v) is 10.7. The molecule has 0 unspecified atom stereocenters. The summed E-state index contributed by atoms with van der Waals surface area (Å²) in [4.78, 5) is 16.9. The van der Waals surface area contributed by atoms with Gasteiger partial charge in [0.25, 0.3) is 0 Å². The van der Waals surface area contributed by atoms with Gasteiger partial charge in [0.05, 0.1) is 11.3 Å². The molecule has 2 aromatic heterocycles. The predicted octanol–water partition coefficient (Wildman–Crippen LogP) is 5.35. The van der Waals surface area contributed by atoms with Crippen molar-refractivity contribution >= 4 is 17.5 Å². The maximum Gasteiger partial charge on any atom is 0.387 e. The van der Waals surface area contributed by atoms with Crippen molar-refractivity contribution < 1.29 is 22.7 Å². The lowest BCUT2D eigenvalue weighted by Gasteiger charge is -2.12. The summed E-state index contributed by atoms with van der Waals surface area (Å²) < 4.78 is 45.2. The Morgan fingerprint density at radius 2 is 1.79 bits per heavy atom. The van der Waals surface area contributed by atoms with Gasteiger partial charge in [-0.25, -0.2) is 4.39 Å². The molecule has 0 fully saturated rings. The zero-order chi connectivity index (χ0) is 23.4. The molecule has 0 aliphatic carbocycles. The number of pyridine rings is 1. The summed E-state index contributed by atoms with van der Waals surface area (Å²) in [6.07, 6.45) is 3.22. The average molecular weight is 470 g/mol. The quantitative estimate of drug-likeness (QED) is 0.255. The van der Waals surface area contributed by atoms with Crippen LogP contribution in [0.2, 0.25) is 0 Å². The first-order chi connectivity index (χ1) is 15.9. The minimum absolute atomic E-state index is 0.0602. The van der Waals surface area contributed by atoms with Crippen molar-refractivity contribution in [1.29, 1.82) is 0 Å². The van der Waals surface area contributed by atoms with Crippen molar-refractivity contribution in [3.63, 3.8) is 0 Å². The van der Waals surface area contributed by atoms with E-state index in [9.17, 15) is 18.0 Å². The van der Waals surface area contributed by atoms with Gasteiger partial charge < -0.3 is 4.74 Å². The Kier molecular flexibility index (Phi) is 6.74. The van der Waals surface area contributed by atoms with Crippen LogP contribution in [0.4, 0.5) is 13.2 Å². The molecule has 2 heterocycles. The number of rotatable bonds is 8. The zero-order valence-electron chi connectivity index (χ0n) is 17.3. The van der Waals surface area contributed by atoms with Gasteiger partial charge in [-0.15, -0.1) is 10.2 Å². The van der Waals surface area contributed by atoms with Crippen LogP contribution in [0.25, 0.3) is 17.1 Å². The molecule has 2 aromatic carbocycles. The molecule has 0 amide bonds. The minimum Gasteiger partial charge on any atom is -0.434 e. The number of halogens is 3. The van der Waals surface area contributed by atoms with Gasteiger partial charge in [0.2, 0.25) is 0 Å². The largest absolute Gasteiger partial charge is 0.434 e. The lowest BCUT2D eigenvalue weighted by molar-refractivity contribution is -0.0501. The van der Waals surface area contributed by atoms with E-state index in [1.54, 1.807) is 54.2 Å². The minimum atomic E-state index is -3.04. The maximum absolute atomic E-state index is 13.5. The lowest BCUT2D eigenvalue weighted by Crippen LogP contribution is -2.10. The highest BCUT2D eigenvalue weighted by molar-refractivity contribution is 7.99. The van der Waals surface area contributed by atoms with Crippen LogP contribution in [0.5, 0.6) is 5.75 Å². The van der Waals surface area contributed by atoms with E-state index in [1.165, 1.54) is 24.3 Å². The van der Waals surface area contributed by atoms with Crippen LogP contribution in [0.1, 0.15) is 15.9 Å². The zero-order valence-corrected chi connectivity index (χ0v) is 18.1. The van der Waals surface area contributed by atoms with E-state index in [4.69, 9.17) is 0 Å². The summed E-state index contributed by atoms with van der Waals surface area (Å²) in [6, 6.07) is 13.7. The highest BCUT2D eigenvalue weighted by Crippen LogP contribution is 2.30. The smallest absolute Gasteiger partial charge is 0.387 e. The van der Waals surface area contributed by atoms with Gasteiger partial charge in [-0.05, 0) is 55.5 Å². The SMILES string of the molecule is Cc1ccc(OC(F)F)c(C(=O)CSc2nnc(-c3ccncc3)n2-c2ccc(F)cc2)c1. The monoisotopic (exact) mass is 470 g/mol. The Balaban J connectivity index is 1.65. The van der Waals surface area contributed by atoms with E-state index < -0.39 is 18.2 Å². The van der Waals surface area contributed by atoms with Crippen LogP contribution in [0.3, 0.4) is 0 Å². The third-order valence-corrected chi connectivity index (χ3v) is 5.57. The van der Waals surface area contributed by atoms with Gasteiger partial charge in [-0.1, -0.05) is 23.4 Å². The predicted molar refractivity (Wildman–Crippen MR) is 117 cm³/mol. The highest BCUT2D eigenvalue weighted by Gasteiger charge is 2.20. The van der Waals surface area contributed by atoms with Crippen molar-refractivity contribution in [3.05, 3.63) is 83.9 Å². The number of alkyl halides is 2. The summed E-state index contributed by atoms with van der Waals surface area (Å²) in [6.45, 7) is -1.29. The van der Waals surface area contributed by atoms with Crippen molar-refractivity contribution in [2.45, 2.75) is 18.7 Å². The number of carbonyl (C=O) groups is 1. The first kappa shape index (κ1) is 22.5. The van der Waals surface area contributed by atoms with E-state index in [2.05, 4.69) is 19.9 Å². The molecule has 6 nitrogen and oxygen atoms in total. The second-order valence-corrected chi connectivity index (χ2v) is 7.89. The van der Waals surface area contributed by atoms with E-state index >= 15 is 0 Å². The van der Waals surface area contributed by atoms with Crippen molar-refractivity contribution in [2.24, 2.45) is 0 Å². The van der Waals surface area contributed by atoms with Crippen LogP contribution in [0, 0.1) is 12.7 Å². The number of ketones is 1. The molecule has 10 heteroatoms. The first-order valence-electron chi connectivity index (χ1n) is 9.75. The molecule has 0 atom stereocenters. The summed E-state index contributed by atoms with van der Waals surface area (Å²) in [5, 5.41) is 8.83. The number of thioether (sulfide) groups is 1. The van der Waals surface area contributed by atoms with Gasteiger partial charge in [-0.2, -0.15) is 8.78 Å². The number of benzene rings is 2. The van der Waals surface area contributed by atoms with E-state index in [1.807, 2.05) is 0 Å². The molecule has 4 rings (SSSR count). The second kappa shape index (κ2) is 9.86. The third-order valence-electron chi connectivity index (χ3n) is 4.64. The Morgan fingerprint density at radius 1 is 1.06 bits per heavy atom. The van der Waals surface area contributed by atoms with Crippen LogP contribution < -0.4 is 4.74 Å². The summed E-state index contributed by atoms with van der Waals surface area (Å²) in [5.74, 6) is -0.598. The molecule has 4 aromatic rings. The van der Waals surface area contributed by atoms with Crippen molar-refractivity contribution in [1.82, 2.24) is 19.7 Å². The number of hydrogen-bond donors (Lipinski definition) is 0. The normalized spacial score (nSPS) is 11.1. The fourth-order valence-electron chi connectivity index (χ4n) is 3.14. The Labute approximate surface area is 191 Å². The lowest BCUT2D eigenvalue weighted by atomic mass is 10.1. The molecular formula is C23H17F3N4O2S.